The number of ether oxygens (including phenoxy) is 1. The van der Waals surface area contributed by atoms with Crippen molar-refractivity contribution in [3.8, 4) is 0 Å². The Kier molecular flexibility index (Phi) is 3.99. The van der Waals surface area contributed by atoms with Crippen molar-refractivity contribution < 1.29 is 14.6 Å². The molecule has 0 heterocycles. The number of carboxylic acids is 1. The van der Waals surface area contributed by atoms with E-state index in [9.17, 15) is 9.90 Å². The summed E-state index contributed by atoms with van der Waals surface area (Å²) in [4.78, 5) is 11.7. The number of carbonyl (C=O) groups is 1. The third-order valence-electron chi connectivity index (χ3n) is 4.45. The van der Waals surface area contributed by atoms with Crippen LogP contribution in [0.25, 0.3) is 0 Å². The molecule has 0 bridgehead atoms. The van der Waals surface area contributed by atoms with Gasteiger partial charge in [0.1, 0.15) is 0 Å². The number of rotatable bonds is 6. The van der Waals surface area contributed by atoms with Gasteiger partial charge in [-0.05, 0) is 24.5 Å². The van der Waals surface area contributed by atoms with Crippen molar-refractivity contribution in [1.82, 2.24) is 0 Å². The molecule has 3 heteroatoms. The molecule has 3 rings (SSSR count). The number of hydrogen-bond acceptors (Lipinski definition) is 2. The third-order valence-corrected chi connectivity index (χ3v) is 4.45. The van der Waals surface area contributed by atoms with Crippen LogP contribution >= 0.6 is 0 Å². The second-order valence-electron chi connectivity index (χ2n) is 6.11. The van der Waals surface area contributed by atoms with Crippen LogP contribution in [-0.2, 0) is 16.1 Å². The first kappa shape index (κ1) is 14.8. The predicted octanol–water partition coefficient (Wildman–Crippen LogP) is 3.77. The highest BCUT2D eigenvalue weighted by Gasteiger charge is 2.61. The van der Waals surface area contributed by atoms with Gasteiger partial charge in [-0.15, -0.1) is 0 Å². The van der Waals surface area contributed by atoms with Crippen LogP contribution in [0.5, 0.6) is 0 Å². The SMILES string of the molecule is Cc1ccc([C@H]2C[C@@]2(COCc2ccccc2)C(=O)O)cc1. The van der Waals surface area contributed by atoms with E-state index in [2.05, 4.69) is 0 Å². The molecule has 1 fully saturated rings. The number of aliphatic carboxylic acids is 1. The van der Waals surface area contributed by atoms with E-state index in [4.69, 9.17) is 4.74 Å². The fraction of sp³-hybridized carbons (Fsp3) is 0.316. The van der Waals surface area contributed by atoms with Crippen molar-refractivity contribution in [2.45, 2.75) is 25.9 Å². The van der Waals surface area contributed by atoms with Gasteiger partial charge < -0.3 is 9.84 Å². The minimum Gasteiger partial charge on any atom is -0.481 e. The van der Waals surface area contributed by atoms with Gasteiger partial charge in [0, 0.05) is 5.92 Å². The molecule has 1 saturated carbocycles. The van der Waals surface area contributed by atoms with Gasteiger partial charge in [-0.1, -0.05) is 60.2 Å². The molecule has 1 aliphatic carbocycles. The molecule has 0 amide bonds. The topological polar surface area (TPSA) is 46.5 Å². The van der Waals surface area contributed by atoms with Gasteiger partial charge in [0.2, 0.25) is 0 Å². The second-order valence-corrected chi connectivity index (χ2v) is 6.11. The van der Waals surface area contributed by atoms with Crippen LogP contribution in [0.3, 0.4) is 0 Å². The normalized spacial score (nSPS) is 23.2. The van der Waals surface area contributed by atoms with E-state index >= 15 is 0 Å². The number of hydrogen-bond donors (Lipinski definition) is 1. The molecule has 2 aromatic carbocycles. The van der Waals surface area contributed by atoms with Gasteiger partial charge in [-0.2, -0.15) is 0 Å². The fourth-order valence-corrected chi connectivity index (χ4v) is 2.92. The van der Waals surface area contributed by atoms with Crippen molar-refractivity contribution >= 4 is 5.97 Å². The van der Waals surface area contributed by atoms with Crippen LogP contribution in [0, 0.1) is 12.3 Å². The lowest BCUT2D eigenvalue weighted by Gasteiger charge is -2.13. The fourth-order valence-electron chi connectivity index (χ4n) is 2.92. The summed E-state index contributed by atoms with van der Waals surface area (Å²) < 4.78 is 5.70. The molecule has 0 aliphatic heterocycles. The summed E-state index contributed by atoms with van der Waals surface area (Å²) in [5, 5.41) is 9.61. The lowest BCUT2D eigenvalue weighted by molar-refractivity contribution is -0.146. The Labute approximate surface area is 130 Å². The zero-order chi connectivity index (χ0) is 15.6. The lowest BCUT2D eigenvalue weighted by Crippen LogP contribution is -2.23. The molecule has 0 saturated heterocycles. The number of carboxylic acid groups (broad SMARTS) is 1. The summed E-state index contributed by atoms with van der Waals surface area (Å²) in [5.74, 6) is -0.701. The first-order valence-electron chi connectivity index (χ1n) is 7.53. The van der Waals surface area contributed by atoms with Crippen molar-refractivity contribution in [3.05, 3.63) is 71.3 Å². The van der Waals surface area contributed by atoms with Gasteiger partial charge in [-0.25, -0.2) is 0 Å². The quantitative estimate of drug-likeness (QED) is 0.882. The first-order chi connectivity index (χ1) is 10.6. The van der Waals surface area contributed by atoms with E-state index in [-0.39, 0.29) is 12.5 Å². The van der Waals surface area contributed by atoms with E-state index < -0.39 is 11.4 Å². The van der Waals surface area contributed by atoms with Crippen molar-refractivity contribution in [2.24, 2.45) is 5.41 Å². The Balaban J connectivity index is 1.64. The van der Waals surface area contributed by atoms with E-state index in [1.165, 1.54) is 5.56 Å². The number of aryl methyl sites for hydroxylation is 1. The summed E-state index contributed by atoms with van der Waals surface area (Å²) >= 11 is 0. The maximum atomic E-state index is 11.7. The molecule has 0 spiro atoms. The van der Waals surface area contributed by atoms with Crippen molar-refractivity contribution in [2.75, 3.05) is 6.61 Å². The molecule has 3 nitrogen and oxygen atoms in total. The zero-order valence-corrected chi connectivity index (χ0v) is 12.7. The molecule has 2 atom stereocenters. The lowest BCUT2D eigenvalue weighted by atomic mass is 9.99. The van der Waals surface area contributed by atoms with Crippen LogP contribution in [0.15, 0.2) is 54.6 Å². The van der Waals surface area contributed by atoms with E-state index in [1.54, 1.807) is 0 Å². The average Bonchev–Trinajstić information content (AvgIpc) is 3.25. The van der Waals surface area contributed by atoms with Crippen LogP contribution in [0.1, 0.15) is 29.0 Å². The summed E-state index contributed by atoms with van der Waals surface area (Å²) in [6.45, 7) is 2.75. The Morgan fingerprint density at radius 3 is 2.50 bits per heavy atom. The molecule has 22 heavy (non-hydrogen) atoms. The molecular formula is C19H20O3. The van der Waals surface area contributed by atoms with Crippen LogP contribution in [0.4, 0.5) is 0 Å². The highest BCUT2D eigenvalue weighted by Crippen LogP contribution is 2.59. The monoisotopic (exact) mass is 296 g/mol. The Hall–Kier alpha value is -2.13. The Bertz CT molecular complexity index is 648. The second kappa shape index (κ2) is 5.93. The Morgan fingerprint density at radius 2 is 1.86 bits per heavy atom. The maximum absolute atomic E-state index is 11.7. The first-order valence-corrected chi connectivity index (χ1v) is 7.53. The molecule has 1 N–H and O–H groups in total. The highest BCUT2D eigenvalue weighted by molar-refractivity contribution is 5.80. The summed E-state index contributed by atoms with van der Waals surface area (Å²) in [6.07, 6.45) is 0.653. The standard InChI is InChI=1S/C19H20O3/c1-14-7-9-16(10-8-14)17-11-19(17,18(20)21)13-22-12-15-5-3-2-4-6-15/h2-10,17H,11-13H2,1H3,(H,20,21)/t17-,19+/m1/s1. The van der Waals surface area contributed by atoms with E-state index in [1.807, 2.05) is 61.5 Å². The molecular weight excluding hydrogens is 276 g/mol. The summed E-state index contributed by atoms with van der Waals surface area (Å²) in [5.41, 5.74) is 2.59. The van der Waals surface area contributed by atoms with Crippen LogP contribution in [-0.4, -0.2) is 17.7 Å². The van der Waals surface area contributed by atoms with Gasteiger partial charge in [0.15, 0.2) is 0 Å². The summed E-state index contributed by atoms with van der Waals surface area (Å²) in [7, 11) is 0. The Morgan fingerprint density at radius 1 is 1.18 bits per heavy atom. The largest absolute Gasteiger partial charge is 0.481 e. The predicted molar refractivity (Wildman–Crippen MR) is 84.7 cm³/mol. The molecule has 0 unspecified atom stereocenters. The minimum absolute atomic E-state index is 0.0568. The third kappa shape index (κ3) is 2.90. The molecule has 2 aromatic rings. The van der Waals surface area contributed by atoms with E-state index in [0.717, 1.165) is 11.1 Å². The van der Waals surface area contributed by atoms with Gasteiger partial charge >= 0.3 is 5.97 Å². The minimum atomic E-state index is -0.760. The molecule has 0 aromatic heterocycles. The van der Waals surface area contributed by atoms with Crippen molar-refractivity contribution in [3.63, 3.8) is 0 Å². The molecule has 114 valence electrons. The smallest absolute Gasteiger partial charge is 0.312 e. The average molecular weight is 296 g/mol. The van der Waals surface area contributed by atoms with Gasteiger partial charge in [-0.3, -0.25) is 4.79 Å². The van der Waals surface area contributed by atoms with Gasteiger partial charge in [0.25, 0.3) is 0 Å². The maximum Gasteiger partial charge on any atom is 0.312 e. The molecule has 0 radical (unpaired) electrons. The van der Waals surface area contributed by atoms with Crippen molar-refractivity contribution in [1.29, 1.82) is 0 Å². The van der Waals surface area contributed by atoms with Crippen LogP contribution in [0.2, 0.25) is 0 Å². The zero-order valence-electron chi connectivity index (χ0n) is 12.7. The highest BCUT2D eigenvalue weighted by atomic mass is 16.5. The van der Waals surface area contributed by atoms with E-state index in [0.29, 0.717) is 13.0 Å². The van der Waals surface area contributed by atoms with Crippen LogP contribution < -0.4 is 0 Å². The molecule has 1 aliphatic rings. The van der Waals surface area contributed by atoms with Gasteiger partial charge in [0.05, 0.1) is 18.6 Å². The summed E-state index contributed by atoms with van der Waals surface area (Å²) in [6, 6.07) is 18.0. The number of benzene rings is 2.